The van der Waals surface area contributed by atoms with Crippen LogP contribution in [0.4, 0.5) is 11.9 Å². The normalized spacial score (nSPS) is 12.4. The minimum absolute atomic E-state index is 0.116. The number of nitrogens with zero attached hydrogens (tertiary/aromatic N) is 4. The predicted molar refractivity (Wildman–Crippen MR) is 174 cm³/mol. The van der Waals surface area contributed by atoms with Crippen molar-refractivity contribution in [1.29, 1.82) is 0 Å². The molecule has 2 aromatic carbocycles. The van der Waals surface area contributed by atoms with Crippen LogP contribution in [0.25, 0.3) is 22.1 Å². The van der Waals surface area contributed by atoms with Gasteiger partial charge < -0.3 is 46.0 Å². The van der Waals surface area contributed by atoms with Crippen molar-refractivity contribution in [2.24, 2.45) is 11.5 Å². The maximum absolute atomic E-state index is 12.0. The van der Waals surface area contributed by atoms with E-state index < -0.39 is 20.1 Å². The van der Waals surface area contributed by atoms with Crippen LogP contribution in [0.2, 0.25) is 18.1 Å². The number of carbonyl (C=O) groups is 2. The van der Waals surface area contributed by atoms with E-state index in [1.54, 1.807) is 33.4 Å². The number of nitrogens with two attached hydrogens (primary N) is 4. The number of primary amides is 2. The molecule has 0 unspecified atom stereocenters. The van der Waals surface area contributed by atoms with E-state index in [0.29, 0.717) is 66.3 Å². The number of ether oxygens (including phenoxy) is 2. The monoisotopic (exact) mass is 622 g/mol. The molecule has 2 aromatic heterocycles. The smallest absolute Gasteiger partial charge is 0.248 e. The standard InChI is InChI=1S/C30H42N8O5Si/c1-30(2,3)44(5,6)43-13-9-12-42-23-17-19(27(32)40)15-21-25(23)38(29(34)36-21)11-8-7-10-37-24-20(35-28(37)33)14-18(26(31)39)16-22(24)41-4/h7-8,14-17H,9-13H2,1-6H3,(H2,31,39)(H2,32,40)(H2,33,35)(H2,34,36)/b8-7+. The molecule has 236 valence electrons. The Bertz CT molecular complexity index is 1740. The van der Waals surface area contributed by atoms with Gasteiger partial charge in [0, 0.05) is 37.2 Å². The summed E-state index contributed by atoms with van der Waals surface area (Å²) in [4.78, 5) is 32.6. The SMILES string of the molecule is COc1cc(C(N)=O)cc2nc(N)n(C/C=C/Cn3c(N)nc4cc(C(N)=O)cc(OCCCO[Si](C)(C)C(C)(C)C)c43)c12. The van der Waals surface area contributed by atoms with Crippen molar-refractivity contribution >= 4 is 54.1 Å². The molecule has 0 spiro atoms. The fourth-order valence-electron chi connectivity index (χ4n) is 4.56. The van der Waals surface area contributed by atoms with Gasteiger partial charge in [-0.1, -0.05) is 32.9 Å². The van der Waals surface area contributed by atoms with Crippen molar-refractivity contribution in [2.75, 3.05) is 31.8 Å². The van der Waals surface area contributed by atoms with Crippen LogP contribution in [0.5, 0.6) is 11.5 Å². The first-order valence-electron chi connectivity index (χ1n) is 14.3. The third-order valence-corrected chi connectivity index (χ3v) is 12.6. The Kier molecular flexibility index (Phi) is 9.25. The van der Waals surface area contributed by atoms with Gasteiger partial charge in [-0.2, -0.15) is 0 Å². The molecule has 8 N–H and O–H groups in total. The molecule has 0 radical (unpaired) electrons. The van der Waals surface area contributed by atoms with Crippen molar-refractivity contribution < 1.29 is 23.5 Å². The molecular weight excluding hydrogens is 580 g/mol. The largest absolute Gasteiger partial charge is 0.494 e. The summed E-state index contributed by atoms with van der Waals surface area (Å²) in [6.07, 6.45) is 4.48. The maximum Gasteiger partial charge on any atom is 0.248 e. The lowest BCUT2D eigenvalue weighted by Crippen LogP contribution is -2.41. The highest BCUT2D eigenvalue weighted by Crippen LogP contribution is 2.37. The number of aromatic nitrogens is 4. The highest BCUT2D eigenvalue weighted by molar-refractivity contribution is 6.74. The van der Waals surface area contributed by atoms with Gasteiger partial charge in [-0.05, 0) is 42.4 Å². The van der Waals surface area contributed by atoms with E-state index in [0.717, 1.165) is 0 Å². The molecule has 0 aliphatic rings. The third-order valence-electron chi connectivity index (χ3n) is 8.02. The van der Waals surface area contributed by atoms with E-state index >= 15 is 0 Å². The van der Waals surface area contributed by atoms with Crippen molar-refractivity contribution in [1.82, 2.24) is 19.1 Å². The molecule has 2 amide bonds. The van der Waals surface area contributed by atoms with Crippen LogP contribution in [0.3, 0.4) is 0 Å². The number of hydrogen-bond donors (Lipinski definition) is 4. The van der Waals surface area contributed by atoms with Crippen LogP contribution < -0.4 is 32.4 Å². The number of benzene rings is 2. The number of amides is 2. The molecule has 4 rings (SSSR count). The van der Waals surface area contributed by atoms with Crippen molar-refractivity contribution in [2.45, 2.75) is 58.4 Å². The van der Waals surface area contributed by atoms with E-state index in [-0.39, 0.29) is 28.1 Å². The summed E-state index contributed by atoms with van der Waals surface area (Å²) in [5.41, 5.74) is 26.4. The zero-order valence-electron chi connectivity index (χ0n) is 26.1. The Morgan fingerprint density at radius 1 is 0.841 bits per heavy atom. The van der Waals surface area contributed by atoms with Crippen LogP contribution in [0.15, 0.2) is 36.4 Å². The van der Waals surface area contributed by atoms with Crippen molar-refractivity contribution in [3.63, 3.8) is 0 Å². The minimum Gasteiger partial charge on any atom is -0.494 e. The maximum atomic E-state index is 12.0. The molecular formula is C30H42N8O5Si. The molecule has 0 saturated heterocycles. The zero-order chi connectivity index (χ0) is 32.4. The average molecular weight is 623 g/mol. The molecule has 0 fully saturated rings. The first-order chi connectivity index (χ1) is 20.6. The van der Waals surface area contributed by atoms with Gasteiger partial charge in [-0.15, -0.1) is 0 Å². The lowest BCUT2D eigenvalue weighted by Gasteiger charge is -2.36. The number of carbonyl (C=O) groups excluding carboxylic acids is 2. The summed E-state index contributed by atoms with van der Waals surface area (Å²) in [6, 6.07) is 6.36. The third kappa shape index (κ3) is 6.65. The summed E-state index contributed by atoms with van der Waals surface area (Å²) in [5, 5.41) is 0.116. The van der Waals surface area contributed by atoms with E-state index in [2.05, 4.69) is 43.8 Å². The molecule has 4 aromatic rings. The van der Waals surface area contributed by atoms with Crippen molar-refractivity contribution in [3.05, 3.63) is 47.5 Å². The van der Waals surface area contributed by atoms with Gasteiger partial charge in [0.1, 0.15) is 22.5 Å². The average Bonchev–Trinajstić information content (AvgIpc) is 3.43. The number of allylic oxidation sites excluding steroid dienone is 2. The lowest BCUT2D eigenvalue weighted by atomic mass is 10.1. The van der Waals surface area contributed by atoms with E-state index in [1.165, 1.54) is 7.11 Å². The number of anilines is 2. The molecule has 0 bridgehead atoms. The minimum atomic E-state index is -1.87. The summed E-state index contributed by atoms with van der Waals surface area (Å²) in [5.74, 6) is 0.222. The van der Waals surface area contributed by atoms with Gasteiger partial charge in [0.2, 0.25) is 23.7 Å². The van der Waals surface area contributed by atoms with Crippen LogP contribution >= 0.6 is 0 Å². The van der Waals surface area contributed by atoms with Crippen molar-refractivity contribution in [3.8, 4) is 11.5 Å². The molecule has 14 heteroatoms. The number of hydrogen-bond acceptors (Lipinski definition) is 9. The first kappa shape index (κ1) is 32.4. The molecule has 0 atom stereocenters. The molecule has 44 heavy (non-hydrogen) atoms. The Morgan fingerprint density at radius 2 is 1.32 bits per heavy atom. The van der Waals surface area contributed by atoms with Gasteiger partial charge in [-0.25, -0.2) is 9.97 Å². The Balaban J connectivity index is 1.55. The zero-order valence-corrected chi connectivity index (χ0v) is 27.1. The second-order valence-corrected chi connectivity index (χ2v) is 16.9. The van der Waals surface area contributed by atoms with Crippen LogP contribution in [0.1, 0.15) is 47.9 Å². The number of nitrogen functional groups attached to an aromatic ring is 2. The van der Waals surface area contributed by atoms with Crippen LogP contribution in [0, 0.1) is 0 Å². The van der Waals surface area contributed by atoms with E-state index in [4.69, 9.17) is 36.8 Å². The molecule has 2 heterocycles. The first-order valence-corrected chi connectivity index (χ1v) is 17.2. The number of methoxy groups -OCH3 is 1. The van der Waals surface area contributed by atoms with Gasteiger partial charge in [0.05, 0.1) is 24.8 Å². The predicted octanol–water partition coefficient (Wildman–Crippen LogP) is 3.80. The summed E-state index contributed by atoms with van der Waals surface area (Å²) in [7, 11) is -0.371. The Hall–Kier alpha value is -4.56. The Morgan fingerprint density at radius 3 is 1.77 bits per heavy atom. The Labute approximate surface area is 257 Å². The highest BCUT2D eigenvalue weighted by Gasteiger charge is 2.36. The topological polar surface area (TPSA) is 202 Å². The fraction of sp³-hybridized carbons (Fsp3) is 0.400. The van der Waals surface area contributed by atoms with Gasteiger partial charge in [0.25, 0.3) is 0 Å². The van der Waals surface area contributed by atoms with Crippen LogP contribution in [-0.2, 0) is 17.5 Å². The van der Waals surface area contributed by atoms with Gasteiger partial charge in [0.15, 0.2) is 8.32 Å². The lowest BCUT2D eigenvalue weighted by molar-refractivity contribution is 0.0991. The second kappa shape index (κ2) is 12.6. The molecule has 0 saturated carbocycles. The van der Waals surface area contributed by atoms with E-state index in [1.807, 2.05) is 12.2 Å². The van der Waals surface area contributed by atoms with Gasteiger partial charge in [-0.3, -0.25) is 9.59 Å². The number of rotatable bonds is 13. The van der Waals surface area contributed by atoms with Crippen LogP contribution in [-0.4, -0.2) is 59.6 Å². The highest BCUT2D eigenvalue weighted by atomic mass is 28.4. The van der Waals surface area contributed by atoms with Gasteiger partial charge >= 0.3 is 0 Å². The molecule has 13 nitrogen and oxygen atoms in total. The summed E-state index contributed by atoms with van der Waals surface area (Å²) >= 11 is 0. The van der Waals surface area contributed by atoms with E-state index in [9.17, 15) is 9.59 Å². The summed E-state index contributed by atoms with van der Waals surface area (Å²) < 4.78 is 21.5. The summed E-state index contributed by atoms with van der Waals surface area (Å²) in [6.45, 7) is 12.7. The fourth-order valence-corrected chi connectivity index (χ4v) is 5.65. The molecule has 0 aliphatic heterocycles. The molecule has 0 aliphatic carbocycles. The number of fused-ring (bicyclic) bond motifs is 2. The number of imidazole rings is 2. The quantitative estimate of drug-likeness (QED) is 0.0971. The second-order valence-electron chi connectivity index (χ2n) is 12.1.